The summed E-state index contributed by atoms with van der Waals surface area (Å²) in [5.41, 5.74) is 4.61. The van der Waals surface area contributed by atoms with Crippen LogP contribution in [0.5, 0.6) is 0 Å². The van der Waals surface area contributed by atoms with E-state index < -0.39 is 0 Å². The van der Waals surface area contributed by atoms with E-state index in [0.29, 0.717) is 5.41 Å². The number of hydrogen-bond acceptors (Lipinski definition) is 0. The molecule has 0 aromatic rings. The van der Waals surface area contributed by atoms with Gasteiger partial charge >= 0.3 is 0 Å². The molecular formula is C69H118. The highest BCUT2D eigenvalue weighted by atomic mass is 14.6. The van der Waals surface area contributed by atoms with E-state index in [4.69, 9.17) is 0 Å². The van der Waals surface area contributed by atoms with Crippen molar-refractivity contribution >= 4 is 0 Å². The molecule has 9 rings (SSSR count). The molecule has 0 N–H and O–H groups in total. The van der Waals surface area contributed by atoms with Crippen molar-refractivity contribution in [2.45, 2.75) is 310 Å². The maximum Gasteiger partial charge on any atom is -0.0200 e. The second-order valence-electron chi connectivity index (χ2n) is 28.6. The minimum atomic E-state index is 0.549. The second-order valence-corrected chi connectivity index (χ2v) is 28.6. The van der Waals surface area contributed by atoms with E-state index in [1.165, 1.54) is 205 Å². The smallest absolute Gasteiger partial charge is 0.0200 e. The number of unbranched alkanes of at least 4 members (excludes halogenated alkanes) is 8. The normalized spacial score (nSPS) is 37.4. The number of hydrogen-bond donors (Lipinski definition) is 0. The third-order valence-electron chi connectivity index (χ3n) is 24.3. The summed E-state index contributed by atoms with van der Waals surface area (Å²) in [6.07, 6.45) is 73.1. The highest BCUT2D eigenvalue weighted by Gasteiger charge is 2.58. The zero-order valence-electron chi connectivity index (χ0n) is 47.0. The molecule has 0 heterocycles. The third-order valence-corrected chi connectivity index (χ3v) is 24.3. The summed E-state index contributed by atoms with van der Waals surface area (Å²) in [6.45, 7) is 10.5. The SMILES string of the molecule is CCCCCCCC1CC(C2CCC3C4CCC(C5CCC(C=C(C6CCCCC6)C6CCCCC6)C(CCCCCCC)C5)CC4C(C)(C)C3C2)CCC1C=C(C1CCCCC1)C1CCCCC1. The lowest BCUT2D eigenvalue weighted by atomic mass is 9.59. The molecule has 69 heavy (non-hydrogen) atoms. The molecule has 0 saturated heterocycles. The summed E-state index contributed by atoms with van der Waals surface area (Å²) < 4.78 is 0. The fourth-order valence-electron chi connectivity index (χ4n) is 20.4. The summed E-state index contributed by atoms with van der Waals surface area (Å²) >= 11 is 0. The Hall–Kier alpha value is -0.520. The fraction of sp³-hybridized carbons (Fsp3) is 0.942. The summed E-state index contributed by atoms with van der Waals surface area (Å²) in [5.74, 6) is 15.7. The molecule has 0 spiro atoms. The molecule has 0 radical (unpaired) electrons. The van der Waals surface area contributed by atoms with E-state index in [0.717, 1.165) is 94.7 Å². The Morgan fingerprint density at radius 3 is 1.01 bits per heavy atom. The zero-order valence-corrected chi connectivity index (χ0v) is 47.0. The molecule has 0 aromatic heterocycles. The lowest BCUT2D eigenvalue weighted by Gasteiger charge is -2.46. The minimum absolute atomic E-state index is 0.549. The van der Waals surface area contributed by atoms with Gasteiger partial charge in [0.1, 0.15) is 0 Å². The molecule has 0 nitrogen and oxygen atoms in total. The maximum atomic E-state index is 3.09. The van der Waals surface area contributed by atoms with E-state index in [2.05, 4.69) is 39.8 Å². The predicted molar refractivity (Wildman–Crippen MR) is 300 cm³/mol. The van der Waals surface area contributed by atoms with E-state index >= 15 is 0 Å². The first-order chi connectivity index (χ1) is 33.9. The Labute approximate surface area is 431 Å². The summed E-state index contributed by atoms with van der Waals surface area (Å²) in [5, 5.41) is 0. The first kappa shape index (κ1) is 53.3. The van der Waals surface area contributed by atoms with Crippen molar-refractivity contribution in [3.05, 3.63) is 23.3 Å². The van der Waals surface area contributed by atoms with Gasteiger partial charge in [0.05, 0.1) is 0 Å². The Bertz CT molecular complexity index is 1370. The highest BCUT2D eigenvalue weighted by Crippen LogP contribution is 2.66. The van der Waals surface area contributed by atoms with E-state index in [-0.39, 0.29) is 0 Å². The van der Waals surface area contributed by atoms with Crippen molar-refractivity contribution < 1.29 is 0 Å². The lowest BCUT2D eigenvalue weighted by molar-refractivity contribution is 0.0439. The molecule has 9 saturated carbocycles. The average molecular weight is 948 g/mol. The van der Waals surface area contributed by atoms with Crippen LogP contribution >= 0.6 is 0 Å². The molecule has 9 fully saturated rings. The second kappa shape index (κ2) is 26.8. The molecule has 0 aromatic carbocycles. The maximum absolute atomic E-state index is 3.09. The molecule has 0 heteroatoms. The van der Waals surface area contributed by atoms with Crippen LogP contribution in [0, 0.1) is 100 Å². The summed E-state index contributed by atoms with van der Waals surface area (Å²) in [4.78, 5) is 0. The van der Waals surface area contributed by atoms with Gasteiger partial charge in [-0.2, -0.15) is 0 Å². The van der Waals surface area contributed by atoms with E-state index in [1.54, 1.807) is 77.0 Å². The Morgan fingerprint density at radius 2 is 0.667 bits per heavy atom. The van der Waals surface area contributed by atoms with Crippen molar-refractivity contribution in [1.29, 1.82) is 0 Å². The van der Waals surface area contributed by atoms with Crippen molar-refractivity contribution in [1.82, 2.24) is 0 Å². The monoisotopic (exact) mass is 947 g/mol. The number of allylic oxidation sites excluding steroid dienone is 4. The van der Waals surface area contributed by atoms with Gasteiger partial charge in [0.25, 0.3) is 0 Å². The van der Waals surface area contributed by atoms with Gasteiger partial charge in [-0.05, 0) is 241 Å². The van der Waals surface area contributed by atoms with Crippen molar-refractivity contribution in [2.75, 3.05) is 0 Å². The standard InChI is InChI=1S/C69H118/c1-5-7-9-11-17-35-55-45-57(37-39-59(55)47-65(51-27-19-13-20-28-51)52-29-21-14-22-30-52)61-41-43-63-64-44-42-62(50-68(64)69(3,4)67(63)49-61)58-38-40-60(56(46-58)36-18-12-10-8-6-2)48-66(53-31-23-15-24-32-53)54-33-25-16-26-34-54/h47-48,51-64,67-68H,5-46,49-50H2,1-4H3. The van der Waals surface area contributed by atoms with Crippen LogP contribution in [0.3, 0.4) is 0 Å². The number of rotatable bonds is 20. The van der Waals surface area contributed by atoms with Gasteiger partial charge in [0, 0.05) is 0 Å². The Morgan fingerprint density at radius 1 is 0.348 bits per heavy atom. The van der Waals surface area contributed by atoms with Crippen LogP contribution in [0.25, 0.3) is 0 Å². The van der Waals surface area contributed by atoms with Gasteiger partial charge in [-0.1, -0.05) is 192 Å². The van der Waals surface area contributed by atoms with Gasteiger partial charge in [-0.15, -0.1) is 0 Å². The molecule has 9 aliphatic rings. The Kier molecular flexibility index (Phi) is 20.7. The van der Waals surface area contributed by atoms with Crippen LogP contribution in [0.4, 0.5) is 0 Å². The average Bonchev–Trinajstić information content (AvgIpc) is 3.62. The van der Waals surface area contributed by atoms with Crippen molar-refractivity contribution in [2.24, 2.45) is 100 Å². The molecule has 12 atom stereocenters. The molecule has 0 bridgehead atoms. The fourth-order valence-corrected chi connectivity index (χ4v) is 20.4. The molecule has 0 aliphatic heterocycles. The molecule has 394 valence electrons. The van der Waals surface area contributed by atoms with Gasteiger partial charge in [0.2, 0.25) is 0 Å². The molecular weight excluding hydrogens is 829 g/mol. The van der Waals surface area contributed by atoms with Gasteiger partial charge < -0.3 is 0 Å². The summed E-state index contributed by atoms with van der Waals surface area (Å²) in [7, 11) is 0. The van der Waals surface area contributed by atoms with Crippen LogP contribution in [0.2, 0.25) is 0 Å². The van der Waals surface area contributed by atoms with Crippen molar-refractivity contribution in [3.63, 3.8) is 0 Å². The largest absolute Gasteiger partial charge is 0.0814 e. The van der Waals surface area contributed by atoms with Crippen LogP contribution in [-0.4, -0.2) is 0 Å². The van der Waals surface area contributed by atoms with E-state index in [1.807, 2.05) is 11.1 Å². The first-order valence-electron chi connectivity index (χ1n) is 33.3. The van der Waals surface area contributed by atoms with Gasteiger partial charge in [0.15, 0.2) is 0 Å². The quantitative estimate of drug-likeness (QED) is 0.0843. The number of fused-ring (bicyclic) bond motifs is 3. The van der Waals surface area contributed by atoms with Crippen LogP contribution in [-0.2, 0) is 0 Å². The predicted octanol–water partition coefficient (Wildman–Crippen LogP) is 22.1. The van der Waals surface area contributed by atoms with Crippen LogP contribution < -0.4 is 0 Å². The van der Waals surface area contributed by atoms with E-state index in [9.17, 15) is 0 Å². The van der Waals surface area contributed by atoms with Crippen LogP contribution in [0.15, 0.2) is 23.3 Å². The molecule has 9 aliphatic carbocycles. The van der Waals surface area contributed by atoms with Gasteiger partial charge in [-0.3, -0.25) is 0 Å². The van der Waals surface area contributed by atoms with Gasteiger partial charge in [-0.25, -0.2) is 0 Å². The highest BCUT2D eigenvalue weighted by molar-refractivity contribution is 5.18. The molecule has 12 unspecified atom stereocenters. The Balaban J connectivity index is 0.854. The third kappa shape index (κ3) is 13.7. The lowest BCUT2D eigenvalue weighted by Crippen LogP contribution is -2.37. The first-order valence-corrected chi connectivity index (χ1v) is 33.3. The van der Waals surface area contributed by atoms with Crippen molar-refractivity contribution in [3.8, 4) is 0 Å². The molecule has 0 amide bonds. The topological polar surface area (TPSA) is 0 Å². The summed E-state index contributed by atoms with van der Waals surface area (Å²) in [6, 6.07) is 0. The minimum Gasteiger partial charge on any atom is -0.0814 e. The zero-order chi connectivity index (χ0) is 47.4. The van der Waals surface area contributed by atoms with Crippen LogP contribution in [0.1, 0.15) is 310 Å².